The molecule has 0 aliphatic rings. The number of ketones is 1. The second-order valence-corrected chi connectivity index (χ2v) is 8.90. The number of carbonyl (C=O) groups excluding carboxylic acids is 2. The first-order chi connectivity index (χ1) is 15.3. The molecule has 6 nitrogen and oxygen atoms in total. The average Bonchev–Trinajstić information content (AvgIpc) is 2.80. The zero-order valence-electron chi connectivity index (χ0n) is 17.7. The molecule has 3 aromatic carbocycles. The van der Waals surface area contributed by atoms with Crippen LogP contribution in [-0.4, -0.2) is 37.5 Å². The van der Waals surface area contributed by atoms with E-state index in [1.807, 2.05) is 0 Å². The first-order valence-electron chi connectivity index (χ1n) is 10.1. The highest BCUT2D eigenvalue weighted by Crippen LogP contribution is 2.21. The van der Waals surface area contributed by atoms with Crippen LogP contribution in [0.2, 0.25) is 0 Å². The fraction of sp³-hybridized carbons (Fsp3) is 0.167. The van der Waals surface area contributed by atoms with Crippen molar-refractivity contribution >= 4 is 27.4 Å². The number of hydrogen-bond acceptors (Lipinski definition) is 4. The van der Waals surface area contributed by atoms with Crippen LogP contribution in [0.25, 0.3) is 0 Å². The average molecular weight is 455 g/mol. The molecule has 0 spiro atoms. The Bertz CT molecular complexity index is 1240. The third kappa shape index (κ3) is 4.92. The van der Waals surface area contributed by atoms with Gasteiger partial charge in [0.1, 0.15) is 5.82 Å². The quantitative estimate of drug-likeness (QED) is 0.513. The van der Waals surface area contributed by atoms with Gasteiger partial charge in [0.2, 0.25) is 10.0 Å². The van der Waals surface area contributed by atoms with Crippen LogP contribution in [0.5, 0.6) is 0 Å². The molecule has 0 radical (unpaired) electrons. The maximum atomic E-state index is 14.4. The molecule has 1 N–H and O–H groups in total. The molecule has 0 saturated heterocycles. The summed E-state index contributed by atoms with van der Waals surface area (Å²) < 4.78 is 41.1. The molecule has 3 rings (SSSR count). The molecule has 0 fully saturated rings. The largest absolute Gasteiger partial charge is 0.322 e. The van der Waals surface area contributed by atoms with Gasteiger partial charge in [-0.3, -0.25) is 9.59 Å². The molecule has 166 valence electrons. The van der Waals surface area contributed by atoms with E-state index in [1.165, 1.54) is 10.4 Å². The second-order valence-electron chi connectivity index (χ2n) is 6.96. The highest BCUT2D eigenvalue weighted by Gasteiger charge is 2.24. The molecule has 1 amide bonds. The van der Waals surface area contributed by atoms with Crippen LogP contribution >= 0.6 is 0 Å². The summed E-state index contributed by atoms with van der Waals surface area (Å²) in [7, 11) is -3.85. The Morgan fingerprint density at radius 2 is 1.53 bits per heavy atom. The summed E-state index contributed by atoms with van der Waals surface area (Å²) in [5.41, 5.74) is 0.731. The van der Waals surface area contributed by atoms with Crippen LogP contribution < -0.4 is 5.32 Å². The minimum atomic E-state index is -3.85. The number of carbonyl (C=O) groups is 2. The van der Waals surface area contributed by atoms with Crippen molar-refractivity contribution < 1.29 is 22.4 Å². The maximum Gasteiger partial charge on any atom is 0.258 e. The van der Waals surface area contributed by atoms with Crippen molar-refractivity contribution in [2.45, 2.75) is 18.7 Å². The highest BCUT2D eigenvalue weighted by atomic mass is 32.2. The summed E-state index contributed by atoms with van der Waals surface area (Å²) in [5, 5.41) is 2.54. The zero-order chi connectivity index (χ0) is 23.3. The van der Waals surface area contributed by atoms with E-state index >= 15 is 0 Å². The molecular weight excluding hydrogens is 431 g/mol. The lowest BCUT2D eigenvalue weighted by molar-refractivity contribution is 0.101. The third-order valence-corrected chi connectivity index (χ3v) is 6.99. The van der Waals surface area contributed by atoms with Gasteiger partial charge in [-0.25, -0.2) is 12.8 Å². The summed E-state index contributed by atoms with van der Waals surface area (Å²) in [4.78, 5) is 25.2. The van der Waals surface area contributed by atoms with Crippen LogP contribution in [0.15, 0.2) is 77.7 Å². The van der Waals surface area contributed by atoms with Crippen molar-refractivity contribution in [1.29, 1.82) is 0 Å². The molecule has 0 aromatic heterocycles. The fourth-order valence-electron chi connectivity index (χ4n) is 3.24. The van der Waals surface area contributed by atoms with Gasteiger partial charge in [-0.1, -0.05) is 56.3 Å². The SMILES string of the molecule is CCN(CC)S(=O)(=O)c1ccc(F)c(C(=O)Nc2cccc(C(=O)c3ccccc3)c2)c1. The molecule has 0 unspecified atom stereocenters. The first kappa shape index (κ1) is 23.3. The smallest absolute Gasteiger partial charge is 0.258 e. The number of halogens is 1. The van der Waals surface area contributed by atoms with Gasteiger partial charge in [0.05, 0.1) is 10.5 Å². The van der Waals surface area contributed by atoms with E-state index in [1.54, 1.807) is 62.4 Å². The predicted molar refractivity (Wildman–Crippen MR) is 121 cm³/mol. The highest BCUT2D eigenvalue weighted by molar-refractivity contribution is 7.89. The van der Waals surface area contributed by atoms with E-state index in [-0.39, 0.29) is 29.5 Å². The normalized spacial score (nSPS) is 11.4. The molecule has 0 heterocycles. The Morgan fingerprint density at radius 1 is 0.875 bits per heavy atom. The summed E-state index contributed by atoms with van der Waals surface area (Å²) in [6.07, 6.45) is 0. The molecule has 0 saturated carbocycles. The number of amides is 1. The molecule has 3 aromatic rings. The van der Waals surface area contributed by atoms with E-state index < -0.39 is 27.3 Å². The Balaban J connectivity index is 1.87. The van der Waals surface area contributed by atoms with Gasteiger partial charge in [0.25, 0.3) is 5.91 Å². The van der Waals surface area contributed by atoms with Crippen molar-refractivity contribution in [3.63, 3.8) is 0 Å². The van der Waals surface area contributed by atoms with Crippen LogP contribution in [0.1, 0.15) is 40.1 Å². The van der Waals surface area contributed by atoms with Gasteiger partial charge in [0, 0.05) is 29.9 Å². The van der Waals surface area contributed by atoms with Gasteiger partial charge >= 0.3 is 0 Å². The van der Waals surface area contributed by atoms with E-state index in [4.69, 9.17) is 0 Å². The molecule has 0 aliphatic carbocycles. The van der Waals surface area contributed by atoms with Gasteiger partial charge in [-0.2, -0.15) is 4.31 Å². The van der Waals surface area contributed by atoms with E-state index in [0.29, 0.717) is 11.1 Å². The lowest BCUT2D eigenvalue weighted by Gasteiger charge is -2.19. The third-order valence-electron chi connectivity index (χ3n) is 4.94. The maximum absolute atomic E-state index is 14.4. The molecular formula is C24H23FN2O4S. The van der Waals surface area contributed by atoms with Crippen molar-refractivity contribution in [3.8, 4) is 0 Å². The van der Waals surface area contributed by atoms with Crippen LogP contribution in [0.4, 0.5) is 10.1 Å². The van der Waals surface area contributed by atoms with Crippen molar-refractivity contribution in [3.05, 3.63) is 95.3 Å². The Hall–Kier alpha value is -3.36. The molecule has 32 heavy (non-hydrogen) atoms. The monoisotopic (exact) mass is 454 g/mol. The minimum absolute atomic E-state index is 0.166. The molecule has 0 atom stereocenters. The van der Waals surface area contributed by atoms with Crippen molar-refractivity contribution in [2.75, 3.05) is 18.4 Å². The number of sulfonamides is 1. The zero-order valence-corrected chi connectivity index (χ0v) is 18.5. The summed E-state index contributed by atoms with van der Waals surface area (Å²) in [5.74, 6) is -1.89. The van der Waals surface area contributed by atoms with E-state index in [2.05, 4.69) is 5.32 Å². The Morgan fingerprint density at radius 3 is 2.19 bits per heavy atom. The lowest BCUT2D eigenvalue weighted by Crippen LogP contribution is -2.31. The Labute approximate surface area is 186 Å². The number of hydrogen-bond donors (Lipinski definition) is 1. The Kier molecular flexibility index (Phi) is 7.17. The molecule has 0 aliphatic heterocycles. The topological polar surface area (TPSA) is 83.6 Å². The van der Waals surface area contributed by atoms with Crippen molar-refractivity contribution in [2.24, 2.45) is 0 Å². The number of nitrogens with one attached hydrogen (secondary N) is 1. The van der Waals surface area contributed by atoms with Crippen molar-refractivity contribution in [1.82, 2.24) is 4.31 Å². The summed E-state index contributed by atoms with van der Waals surface area (Å²) >= 11 is 0. The van der Waals surface area contributed by atoms with Gasteiger partial charge in [0.15, 0.2) is 5.78 Å². The second kappa shape index (κ2) is 9.84. The fourth-order valence-corrected chi connectivity index (χ4v) is 4.73. The summed E-state index contributed by atoms with van der Waals surface area (Å²) in [6.45, 7) is 3.89. The lowest BCUT2D eigenvalue weighted by atomic mass is 10.0. The molecule has 0 bridgehead atoms. The number of rotatable bonds is 8. The van der Waals surface area contributed by atoms with E-state index in [0.717, 1.165) is 18.2 Å². The van der Waals surface area contributed by atoms with Gasteiger partial charge < -0.3 is 5.32 Å². The van der Waals surface area contributed by atoms with Crippen LogP contribution in [0, 0.1) is 5.82 Å². The van der Waals surface area contributed by atoms with Gasteiger partial charge in [-0.05, 0) is 30.3 Å². The number of anilines is 1. The van der Waals surface area contributed by atoms with Crippen LogP contribution in [0.3, 0.4) is 0 Å². The standard InChI is InChI=1S/C24H23FN2O4S/c1-3-27(4-2)32(30,31)20-13-14-22(25)21(16-20)24(29)26-19-12-8-11-18(15-19)23(28)17-9-6-5-7-10-17/h5-16H,3-4H2,1-2H3,(H,26,29). The number of nitrogens with zero attached hydrogens (tertiary/aromatic N) is 1. The first-order valence-corrected chi connectivity index (χ1v) is 11.5. The summed E-state index contributed by atoms with van der Waals surface area (Å²) in [6, 6.07) is 18.1. The number of benzene rings is 3. The predicted octanol–water partition coefficient (Wildman–Crippen LogP) is 4.34. The van der Waals surface area contributed by atoms with Gasteiger partial charge in [-0.15, -0.1) is 0 Å². The van der Waals surface area contributed by atoms with E-state index in [9.17, 15) is 22.4 Å². The molecule has 8 heteroatoms. The minimum Gasteiger partial charge on any atom is -0.322 e. The van der Waals surface area contributed by atoms with Crippen LogP contribution in [-0.2, 0) is 10.0 Å².